The maximum absolute atomic E-state index is 12.5. The van der Waals surface area contributed by atoms with Crippen LogP contribution in [0.5, 0.6) is 0 Å². The van der Waals surface area contributed by atoms with Gasteiger partial charge in [-0.25, -0.2) is 0 Å². The number of carboxylic acids is 1. The van der Waals surface area contributed by atoms with Gasteiger partial charge in [0.05, 0.1) is 5.69 Å². The number of aromatic amines is 1. The van der Waals surface area contributed by atoms with Crippen LogP contribution < -0.4 is 10.7 Å². The quantitative estimate of drug-likeness (QED) is 0.645. The molecule has 0 bridgehead atoms. The second-order valence-corrected chi connectivity index (χ2v) is 4.96. The summed E-state index contributed by atoms with van der Waals surface area (Å²) in [5, 5.41) is 12.6. The van der Waals surface area contributed by atoms with Crippen molar-refractivity contribution in [3.05, 3.63) is 52.7 Å². The summed E-state index contributed by atoms with van der Waals surface area (Å²) in [7, 11) is 0. The minimum atomic E-state index is -1.00. The summed E-state index contributed by atoms with van der Waals surface area (Å²) in [6.07, 6.45) is 0. The van der Waals surface area contributed by atoms with Gasteiger partial charge in [-0.15, -0.1) is 0 Å². The van der Waals surface area contributed by atoms with E-state index in [-0.39, 0.29) is 5.43 Å². The molecule has 5 heteroatoms. The van der Waals surface area contributed by atoms with Crippen LogP contribution in [0.2, 0.25) is 0 Å². The largest absolute Gasteiger partial charge is 0.480 e. The molecule has 106 valence electrons. The molecule has 0 saturated heterocycles. The van der Waals surface area contributed by atoms with Gasteiger partial charge >= 0.3 is 5.97 Å². The van der Waals surface area contributed by atoms with Gasteiger partial charge in [-0.3, -0.25) is 9.59 Å². The third-order valence-corrected chi connectivity index (χ3v) is 3.47. The summed E-state index contributed by atoms with van der Waals surface area (Å²) in [5.74, 6) is -1.00. The molecule has 5 nitrogen and oxygen atoms in total. The first-order valence-electron chi connectivity index (χ1n) is 6.60. The standard InChI is InChI=1S/C16H14N2O3/c1-9(16(20)21)17-14-7-6-13-11(15(14)19)8-10-4-2-3-5-12(10)18-13/h2-9,17-18H,1H3,(H,20,21)/t9-/m0/s1. The predicted octanol–water partition coefficient (Wildman–Crippen LogP) is 2.52. The van der Waals surface area contributed by atoms with Gasteiger partial charge in [0.15, 0.2) is 0 Å². The Kier molecular flexibility index (Phi) is 3.10. The number of para-hydroxylation sites is 1. The van der Waals surface area contributed by atoms with E-state index in [1.165, 1.54) is 6.92 Å². The number of aromatic nitrogens is 1. The average Bonchev–Trinajstić information content (AvgIpc) is 2.48. The number of hydrogen-bond acceptors (Lipinski definition) is 3. The number of nitrogens with one attached hydrogen (secondary N) is 2. The Morgan fingerprint density at radius 1 is 1.24 bits per heavy atom. The zero-order chi connectivity index (χ0) is 15.0. The Morgan fingerprint density at radius 3 is 2.76 bits per heavy atom. The highest BCUT2D eigenvalue weighted by molar-refractivity contribution is 5.86. The van der Waals surface area contributed by atoms with E-state index in [1.807, 2.05) is 30.3 Å². The van der Waals surface area contributed by atoms with E-state index in [2.05, 4.69) is 10.3 Å². The zero-order valence-electron chi connectivity index (χ0n) is 11.4. The summed E-state index contributed by atoms with van der Waals surface area (Å²) in [4.78, 5) is 26.5. The Hall–Kier alpha value is -2.82. The van der Waals surface area contributed by atoms with Crippen LogP contribution in [0.4, 0.5) is 5.69 Å². The van der Waals surface area contributed by atoms with Gasteiger partial charge in [-0.1, -0.05) is 18.2 Å². The van der Waals surface area contributed by atoms with E-state index < -0.39 is 12.0 Å². The fourth-order valence-electron chi connectivity index (χ4n) is 2.30. The van der Waals surface area contributed by atoms with Gasteiger partial charge in [0, 0.05) is 16.8 Å². The minimum Gasteiger partial charge on any atom is -0.480 e. The van der Waals surface area contributed by atoms with Gasteiger partial charge < -0.3 is 15.4 Å². The maximum Gasteiger partial charge on any atom is 0.325 e. The molecule has 1 heterocycles. The molecule has 3 N–H and O–H groups in total. The van der Waals surface area contributed by atoms with Crippen LogP contribution in [0.25, 0.3) is 22.2 Å². The van der Waals surface area contributed by atoms with E-state index in [0.29, 0.717) is 11.3 Å². The molecule has 1 aliphatic heterocycles. The average molecular weight is 282 g/mol. The molecule has 1 atom stereocenters. The molecule has 0 fully saturated rings. The highest BCUT2D eigenvalue weighted by Gasteiger charge is 2.16. The number of benzene rings is 2. The Labute approximate surface area is 120 Å². The van der Waals surface area contributed by atoms with E-state index in [4.69, 9.17) is 5.11 Å². The van der Waals surface area contributed by atoms with Crippen molar-refractivity contribution in [3.63, 3.8) is 0 Å². The van der Waals surface area contributed by atoms with Crippen molar-refractivity contribution in [1.82, 2.24) is 4.98 Å². The van der Waals surface area contributed by atoms with Gasteiger partial charge in [-0.2, -0.15) is 0 Å². The number of pyridine rings is 1. The molecule has 1 aromatic rings. The number of rotatable bonds is 3. The van der Waals surface area contributed by atoms with Gasteiger partial charge in [-0.05, 0) is 36.6 Å². The normalized spacial score (nSPS) is 12.4. The van der Waals surface area contributed by atoms with Crippen LogP contribution in [-0.4, -0.2) is 22.1 Å². The van der Waals surface area contributed by atoms with Crippen LogP contribution in [-0.2, 0) is 4.79 Å². The molecule has 21 heavy (non-hydrogen) atoms. The molecule has 0 radical (unpaired) electrons. The molecular weight excluding hydrogens is 268 g/mol. The van der Waals surface area contributed by atoms with Crippen molar-refractivity contribution in [3.8, 4) is 11.3 Å². The van der Waals surface area contributed by atoms with Crippen molar-refractivity contribution in [2.75, 3.05) is 5.32 Å². The highest BCUT2D eigenvalue weighted by atomic mass is 16.4. The molecule has 1 aliphatic carbocycles. The molecule has 0 saturated carbocycles. The summed E-state index contributed by atoms with van der Waals surface area (Å²) in [5.41, 5.74) is 2.30. The SMILES string of the molecule is C[C@H](Nc1ccc2[nH]c3ccccc3cc-2c1=O)C(=O)O. The minimum absolute atomic E-state index is 0.206. The van der Waals surface area contributed by atoms with E-state index in [0.717, 1.165) is 16.6 Å². The summed E-state index contributed by atoms with van der Waals surface area (Å²) in [6.45, 7) is 1.50. The maximum atomic E-state index is 12.5. The third kappa shape index (κ3) is 2.33. The van der Waals surface area contributed by atoms with Crippen molar-refractivity contribution in [2.24, 2.45) is 0 Å². The van der Waals surface area contributed by atoms with E-state index >= 15 is 0 Å². The van der Waals surface area contributed by atoms with Crippen LogP contribution in [0.15, 0.2) is 47.3 Å². The number of fused-ring (bicyclic) bond motifs is 2. The predicted molar refractivity (Wildman–Crippen MR) is 81.9 cm³/mol. The Balaban J connectivity index is 2.16. The topological polar surface area (TPSA) is 82.2 Å². The number of carbonyl (C=O) groups is 1. The Morgan fingerprint density at radius 2 is 2.00 bits per heavy atom. The molecule has 2 aliphatic rings. The molecule has 0 amide bonds. The number of carboxylic acid groups (broad SMARTS) is 1. The summed E-state index contributed by atoms with van der Waals surface area (Å²) in [6, 6.07) is 12.1. The number of aliphatic carboxylic acids is 1. The van der Waals surface area contributed by atoms with Crippen molar-refractivity contribution in [1.29, 1.82) is 0 Å². The summed E-state index contributed by atoms with van der Waals surface area (Å²) >= 11 is 0. The van der Waals surface area contributed by atoms with Crippen molar-refractivity contribution >= 4 is 22.6 Å². The molecule has 1 aromatic carbocycles. The first-order chi connectivity index (χ1) is 10.1. The molecular formula is C16H14N2O3. The van der Waals surface area contributed by atoms with Crippen LogP contribution in [0.1, 0.15) is 6.92 Å². The monoisotopic (exact) mass is 282 g/mol. The van der Waals surface area contributed by atoms with Gasteiger partial charge in [0.25, 0.3) is 0 Å². The Bertz CT molecular complexity index is 854. The lowest BCUT2D eigenvalue weighted by Crippen LogP contribution is -2.28. The molecule has 0 spiro atoms. The lowest BCUT2D eigenvalue weighted by molar-refractivity contribution is -0.137. The molecule has 3 rings (SSSR count). The molecule has 0 aromatic heterocycles. The first-order valence-corrected chi connectivity index (χ1v) is 6.60. The molecule has 0 unspecified atom stereocenters. The van der Waals surface area contributed by atoms with Gasteiger partial charge in [0.1, 0.15) is 6.04 Å². The van der Waals surface area contributed by atoms with Crippen LogP contribution in [0.3, 0.4) is 0 Å². The number of hydrogen-bond donors (Lipinski definition) is 3. The first kappa shape index (κ1) is 13.2. The lowest BCUT2D eigenvalue weighted by atomic mass is 10.0. The van der Waals surface area contributed by atoms with E-state index in [9.17, 15) is 9.59 Å². The summed E-state index contributed by atoms with van der Waals surface area (Å²) < 4.78 is 0. The number of anilines is 1. The fraction of sp³-hybridized carbons (Fsp3) is 0.125. The highest BCUT2D eigenvalue weighted by Crippen LogP contribution is 2.23. The van der Waals surface area contributed by atoms with E-state index in [1.54, 1.807) is 12.1 Å². The second kappa shape index (κ2) is 4.94. The lowest BCUT2D eigenvalue weighted by Gasteiger charge is -2.13. The smallest absolute Gasteiger partial charge is 0.325 e. The number of H-pyrrole nitrogens is 1. The third-order valence-electron chi connectivity index (χ3n) is 3.47. The van der Waals surface area contributed by atoms with Crippen molar-refractivity contribution in [2.45, 2.75) is 13.0 Å². The van der Waals surface area contributed by atoms with Crippen molar-refractivity contribution < 1.29 is 9.90 Å². The zero-order valence-corrected chi connectivity index (χ0v) is 11.4. The fourth-order valence-corrected chi connectivity index (χ4v) is 2.30. The second-order valence-electron chi connectivity index (χ2n) is 4.96. The van der Waals surface area contributed by atoms with Crippen LogP contribution >= 0.6 is 0 Å². The van der Waals surface area contributed by atoms with Crippen LogP contribution in [0, 0.1) is 0 Å². The van der Waals surface area contributed by atoms with Gasteiger partial charge in [0.2, 0.25) is 5.43 Å².